The minimum atomic E-state index is -1.91. The number of carbonyl (C=O) groups excluding carboxylic acids is 1. The Bertz CT molecular complexity index is 229. The topological polar surface area (TPSA) is 47.9 Å². The van der Waals surface area contributed by atoms with Gasteiger partial charge in [0, 0.05) is 6.21 Å². The van der Waals surface area contributed by atoms with Gasteiger partial charge in [0.1, 0.15) is 0 Å². The van der Waals surface area contributed by atoms with Gasteiger partial charge >= 0.3 is 6.16 Å². The second-order valence-corrected chi connectivity index (χ2v) is 5.16. The van der Waals surface area contributed by atoms with Gasteiger partial charge in [0.2, 0.25) is 9.36 Å². The minimum Gasteiger partial charge on any atom is -0.408 e. The van der Waals surface area contributed by atoms with Crippen molar-refractivity contribution in [1.82, 2.24) is 0 Å². The van der Waals surface area contributed by atoms with Crippen molar-refractivity contribution in [1.29, 1.82) is 0 Å². The zero-order valence-electron chi connectivity index (χ0n) is 7.75. The summed E-state index contributed by atoms with van der Waals surface area (Å²) in [5.41, 5.74) is -1.43. The molecule has 0 aromatic heterocycles. The van der Waals surface area contributed by atoms with Crippen LogP contribution >= 0.6 is 46.4 Å². The van der Waals surface area contributed by atoms with Crippen molar-refractivity contribution in [3.63, 3.8) is 0 Å². The highest BCUT2D eigenvalue weighted by atomic mass is 35.6. The highest BCUT2D eigenvalue weighted by Gasteiger charge is 2.34. The SMILES string of the molecule is CCCC=NOC(=O)OC(Cl)C(Cl)(Cl)Cl. The Morgan fingerprint density at radius 3 is 2.60 bits per heavy atom. The summed E-state index contributed by atoms with van der Waals surface area (Å²) in [6.45, 7) is 1.95. The first-order chi connectivity index (χ1) is 6.88. The van der Waals surface area contributed by atoms with Gasteiger partial charge in [0.05, 0.1) is 0 Å². The van der Waals surface area contributed by atoms with E-state index in [1.807, 2.05) is 6.92 Å². The molecule has 0 aliphatic carbocycles. The van der Waals surface area contributed by atoms with Crippen LogP contribution in [0.2, 0.25) is 0 Å². The lowest BCUT2D eigenvalue weighted by molar-refractivity contribution is 0.0488. The molecule has 8 heteroatoms. The molecule has 0 heterocycles. The van der Waals surface area contributed by atoms with Gasteiger partial charge in [0.15, 0.2) is 0 Å². The van der Waals surface area contributed by atoms with Crippen LogP contribution in [-0.4, -0.2) is 21.7 Å². The molecular weight excluding hydrogens is 288 g/mol. The molecule has 0 aromatic rings. The van der Waals surface area contributed by atoms with Gasteiger partial charge < -0.3 is 4.74 Å². The summed E-state index contributed by atoms with van der Waals surface area (Å²) in [4.78, 5) is 15.1. The van der Waals surface area contributed by atoms with E-state index in [2.05, 4.69) is 14.7 Å². The number of unbranched alkanes of at least 4 members (excludes halogenated alkanes) is 1. The van der Waals surface area contributed by atoms with Crippen molar-refractivity contribution in [2.24, 2.45) is 5.16 Å². The molecule has 0 rings (SSSR count). The molecule has 0 spiro atoms. The minimum absolute atomic E-state index is 0.683. The van der Waals surface area contributed by atoms with Gasteiger partial charge in [-0.2, -0.15) is 0 Å². The summed E-state index contributed by atoms with van der Waals surface area (Å²) in [7, 11) is 0. The third-order valence-electron chi connectivity index (χ3n) is 1.08. The Labute approximate surface area is 107 Å². The Hall–Kier alpha value is 0.1000. The zero-order valence-corrected chi connectivity index (χ0v) is 10.8. The zero-order chi connectivity index (χ0) is 11.9. The molecule has 15 heavy (non-hydrogen) atoms. The van der Waals surface area contributed by atoms with Gasteiger partial charge in [-0.15, -0.1) is 0 Å². The molecule has 0 fully saturated rings. The fraction of sp³-hybridized carbons (Fsp3) is 0.714. The number of ether oxygens (including phenoxy) is 1. The number of nitrogens with zero attached hydrogens (tertiary/aromatic N) is 1. The number of hydrogen-bond donors (Lipinski definition) is 0. The molecule has 0 aromatic carbocycles. The Morgan fingerprint density at radius 2 is 2.13 bits per heavy atom. The molecular formula is C7H9Cl4NO3. The summed E-state index contributed by atoms with van der Waals surface area (Å²) in [6, 6.07) is 0. The van der Waals surface area contributed by atoms with Crippen molar-refractivity contribution < 1.29 is 14.4 Å². The number of carbonyl (C=O) groups is 1. The molecule has 0 saturated heterocycles. The number of halogens is 4. The van der Waals surface area contributed by atoms with Gasteiger partial charge in [-0.05, 0) is 6.42 Å². The molecule has 0 aliphatic rings. The lowest BCUT2D eigenvalue weighted by atomic mass is 10.4. The van der Waals surface area contributed by atoms with Crippen molar-refractivity contribution in [2.45, 2.75) is 29.1 Å². The van der Waals surface area contributed by atoms with Crippen LogP contribution in [0.1, 0.15) is 19.8 Å². The van der Waals surface area contributed by atoms with E-state index in [-0.39, 0.29) is 0 Å². The van der Waals surface area contributed by atoms with E-state index >= 15 is 0 Å². The van der Waals surface area contributed by atoms with Crippen LogP contribution < -0.4 is 0 Å². The number of oxime groups is 1. The fourth-order valence-electron chi connectivity index (χ4n) is 0.435. The van der Waals surface area contributed by atoms with E-state index in [1.54, 1.807) is 0 Å². The standard InChI is InChI=1S/C7H9Cl4NO3/c1-2-3-4-12-15-6(13)14-5(8)7(9,10)11/h4-5H,2-3H2,1H3. The van der Waals surface area contributed by atoms with Crippen molar-refractivity contribution in [3.8, 4) is 0 Å². The lowest BCUT2D eigenvalue weighted by Crippen LogP contribution is -2.25. The van der Waals surface area contributed by atoms with E-state index in [1.165, 1.54) is 6.21 Å². The Morgan fingerprint density at radius 1 is 1.53 bits per heavy atom. The Balaban J connectivity index is 3.84. The largest absolute Gasteiger partial charge is 0.536 e. The predicted molar refractivity (Wildman–Crippen MR) is 60.9 cm³/mol. The van der Waals surface area contributed by atoms with Crippen molar-refractivity contribution >= 4 is 58.8 Å². The molecule has 0 N–H and O–H groups in total. The van der Waals surface area contributed by atoms with E-state index in [0.29, 0.717) is 6.42 Å². The summed E-state index contributed by atoms with van der Waals surface area (Å²) in [6.07, 6.45) is 1.85. The highest BCUT2D eigenvalue weighted by Crippen LogP contribution is 2.34. The second kappa shape index (κ2) is 7.39. The quantitative estimate of drug-likeness (QED) is 0.260. The summed E-state index contributed by atoms with van der Waals surface area (Å²) in [5.74, 6) is 0. The smallest absolute Gasteiger partial charge is 0.408 e. The van der Waals surface area contributed by atoms with Crippen molar-refractivity contribution in [2.75, 3.05) is 0 Å². The van der Waals surface area contributed by atoms with Gasteiger partial charge in [0.25, 0.3) is 0 Å². The van der Waals surface area contributed by atoms with Crippen LogP contribution in [0.15, 0.2) is 5.16 Å². The summed E-state index contributed by atoms with van der Waals surface area (Å²) < 4.78 is 2.48. The van der Waals surface area contributed by atoms with E-state index < -0.39 is 15.5 Å². The normalized spacial score (nSPS) is 13.9. The second-order valence-electron chi connectivity index (χ2n) is 2.39. The maximum absolute atomic E-state index is 10.8. The van der Waals surface area contributed by atoms with Crippen LogP contribution in [-0.2, 0) is 9.57 Å². The maximum atomic E-state index is 10.8. The first-order valence-electron chi connectivity index (χ1n) is 3.98. The summed E-state index contributed by atoms with van der Waals surface area (Å²) in [5, 5.41) is 3.31. The summed E-state index contributed by atoms with van der Waals surface area (Å²) >= 11 is 21.4. The van der Waals surface area contributed by atoms with Crippen LogP contribution in [0.4, 0.5) is 4.79 Å². The van der Waals surface area contributed by atoms with Crippen LogP contribution in [0, 0.1) is 0 Å². The number of hydrogen-bond acceptors (Lipinski definition) is 4. The Kier molecular flexibility index (Phi) is 7.44. The van der Waals surface area contributed by atoms with Gasteiger partial charge in [-0.1, -0.05) is 64.9 Å². The molecule has 4 nitrogen and oxygen atoms in total. The first-order valence-corrected chi connectivity index (χ1v) is 5.55. The van der Waals surface area contributed by atoms with E-state index in [4.69, 9.17) is 46.4 Å². The van der Waals surface area contributed by atoms with Gasteiger partial charge in [-0.3, -0.25) is 4.84 Å². The average molecular weight is 297 g/mol. The maximum Gasteiger partial charge on any atom is 0.536 e. The monoisotopic (exact) mass is 295 g/mol. The highest BCUT2D eigenvalue weighted by molar-refractivity contribution is 6.70. The molecule has 0 amide bonds. The molecule has 0 bridgehead atoms. The van der Waals surface area contributed by atoms with E-state index in [0.717, 1.165) is 6.42 Å². The molecule has 1 atom stereocenters. The number of rotatable bonds is 4. The average Bonchev–Trinajstić information content (AvgIpc) is 2.11. The van der Waals surface area contributed by atoms with Crippen LogP contribution in [0.25, 0.3) is 0 Å². The molecule has 0 saturated carbocycles. The lowest BCUT2D eigenvalue weighted by Gasteiger charge is -2.16. The third kappa shape index (κ3) is 7.96. The predicted octanol–water partition coefficient (Wildman–Crippen LogP) is 3.86. The third-order valence-corrected chi connectivity index (χ3v) is 2.42. The van der Waals surface area contributed by atoms with Crippen LogP contribution in [0.3, 0.4) is 0 Å². The molecule has 88 valence electrons. The first kappa shape index (κ1) is 15.1. The van der Waals surface area contributed by atoms with Crippen LogP contribution in [0.5, 0.6) is 0 Å². The fourth-order valence-corrected chi connectivity index (χ4v) is 0.641. The van der Waals surface area contributed by atoms with E-state index in [9.17, 15) is 4.79 Å². The van der Waals surface area contributed by atoms with Gasteiger partial charge in [-0.25, -0.2) is 4.79 Å². The molecule has 1 unspecified atom stereocenters. The molecule has 0 aliphatic heterocycles. The van der Waals surface area contributed by atoms with Crippen molar-refractivity contribution in [3.05, 3.63) is 0 Å². The molecule has 0 radical (unpaired) electrons. The number of alkyl halides is 4.